The van der Waals surface area contributed by atoms with Crippen molar-refractivity contribution in [3.05, 3.63) is 41.2 Å². The number of amides is 1. The second-order valence-electron chi connectivity index (χ2n) is 7.93. The number of benzene rings is 1. The molecule has 0 spiro atoms. The van der Waals surface area contributed by atoms with Crippen LogP contribution in [0.25, 0.3) is 21.3 Å². The highest BCUT2D eigenvalue weighted by molar-refractivity contribution is 7.22. The number of hydrogen-bond acceptors (Lipinski definition) is 8. The van der Waals surface area contributed by atoms with Crippen molar-refractivity contribution in [1.29, 1.82) is 0 Å². The number of nitrogens with one attached hydrogen (secondary N) is 1. The number of ether oxygens (including phenoxy) is 1. The Balaban J connectivity index is 1.45. The van der Waals surface area contributed by atoms with Crippen LogP contribution in [0.1, 0.15) is 41.5 Å². The molecule has 1 N–H and O–H groups in total. The predicted molar refractivity (Wildman–Crippen MR) is 121 cm³/mol. The van der Waals surface area contributed by atoms with Gasteiger partial charge in [0, 0.05) is 24.5 Å². The van der Waals surface area contributed by atoms with E-state index in [2.05, 4.69) is 20.4 Å². The van der Waals surface area contributed by atoms with Gasteiger partial charge in [0.1, 0.15) is 0 Å². The lowest BCUT2D eigenvalue weighted by molar-refractivity contribution is 0.102. The van der Waals surface area contributed by atoms with E-state index in [0.717, 1.165) is 53.0 Å². The highest BCUT2D eigenvalue weighted by Gasteiger charge is 2.20. The van der Waals surface area contributed by atoms with Gasteiger partial charge in [0.25, 0.3) is 11.6 Å². The molecular formula is C22H23N5O3S. The quantitative estimate of drug-likeness (QED) is 0.507. The zero-order valence-corrected chi connectivity index (χ0v) is 18.5. The third kappa shape index (κ3) is 3.75. The number of fused-ring (bicyclic) bond motifs is 2. The molecule has 0 atom stereocenters. The molecular weight excluding hydrogens is 414 g/mol. The minimum atomic E-state index is -0.210. The van der Waals surface area contributed by atoms with Gasteiger partial charge in [-0.2, -0.15) is 0 Å². The molecule has 4 aromatic rings. The average Bonchev–Trinajstić information content (AvgIpc) is 3.37. The molecule has 1 aliphatic heterocycles. The second kappa shape index (κ2) is 7.90. The van der Waals surface area contributed by atoms with Gasteiger partial charge in [0.2, 0.25) is 0 Å². The van der Waals surface area contributed by atoms with E-state index in [1.54, 1.807) is 11.3 Å². The standard InChI is InChI=1S/C22H23N5O3S/c1-12(2)17-11-15(19-13(3)26-30-21(19)24-17)20(28)23-14-4-5-16-18(10-14)31-22(25-16)27-6-8-29-9-7-27/h4-5,10-12H,6-9H2,1-3H3,(H,23,28). The number of nitrogens with zero attached hydrogens (tertiary/aromatic N) is 4. The molecule has 0 saturated carbocycles. The van der Waals surface area contributed by atoms with Crippen LogP contribution in [-0.4, -0.2) is 47.3 Å². The van der Waals surface area contributed by atoms with Crippen LogP contribution in [0.5, 0.6) is 0 Å². The number of thiazole rings is 1. The Bertz CT molecular complexity index is 1270. The molecule has 5 rings (SSSR count). The summed E-state index contributed by atoms with van der Waals surface area (Å²) in [5.74, 6) is -0.0497. The number of aryl methyl sites for hydroxylation is 1. The third-order valence-electron chi connectivity index (χ3n) is 5.39. The van der Waals surface area contributed by atoms with Gasteiger partial charge in [0.15, 0.2) is 5.13 Å². The third-order valence-corrected chi connectivity index (χ3v) is 6.47. The molecule has 4 heterocycles. The van der Waals surface area contributed by atoms with Gasteiger partial charge < -0.3 is 19.5 Å². The van der Waals surface area contributed by atoms with E-state index in [0.29, 0.717) is 22.4 Å². The zero-order valence-electron chi connectivity index (χ0n) is 17.6. The first-order valence-corrected chi connectivity index (χ1v) is 11.1. The van der Waals surface area contributed by atoms with E-state index in [4.69, 9.17) is 14.2 Å². The van der Waals surface area contributed by atoms with Crippen LogP contribution in [0.2, 0.25) is 0 Å². The fraction of sp³-hybridized carbons (Fsp3) is 0.364. The Morgan fingerprint density at radius 2 is 2.00 bits per heavy atom. The lowest BCUT2D eigenvalue weighted by atomic mass is 10.0. The SMILES string of the molecule is Cc1noc2nc(C(C)C)cc(C(=O)Nc3ccc4nc(N5CCOCC5)sc4c3)c12. The first-order valence-electron chi connectivity index (χ1n) is 10.3. The van der Waals surface area contributed by atoms with Crippen molar-refractivity contribution in [1.82, 2.24) is 15.1 Å². The molecule has 1 fully saturated rings. The van der Waals surface area contributed by atoms with Crippen LogP contribution in [0.4, 0.5) is 10.8 Å². The van der Waals surface area contributed by atoms with Crippen molar-refractivity contribution in [2.24, 2.45) is 0 Å². The maximum Gasteiger partial charge on any atom is 0.259 e. The highest BCUT2D eigenvalue weighted by atomic mass is 32.1. The van der Waals surface area contributed by atoms with Crippen molar-refractivity contribution in [3.8, 4) is 0 Å². The van der Waals surface area contributed by atoms with Crippen molar-refractivity contribution < 1.29 is 14.1 Å². The Labute approximate surface area is 183 Å². The molecule has 9 heteroatoms. The van der Waals surface area contributed by atoms with Gasteiger partial charge >= 0.3 is 0 Å². The zero-order chi connectivity index (χ0) is 21.5. The van der Waals surface area contributed by atoms with E-state index < -0.39 is 0 Å². The number of carbonyl (C=O) groups is 1. The smallest absolute Gasteiger partial charge is 0.259 e. The van der Waals surface area contributed by atoms with E-state index in [9.17, 15) is 4.79 Å². The number of hydrogen-bond donors (Lipinski definition) is 1. The van der Waals surface area contributed by atoms with E-state index >= 15 is 0 Å². The summed E-state index contributed by atoms with van der Waals surface area (Å²) in [4.78, 5) is 24.7. The normalized spacial score (nSPS) is 14.6. The average molecular weight is 438 g/mol. The van der Waals surface area contributed by atoms with Crippen molar-refractivity contribution in [2.45, 2.75) is 26.7 Å². The summed E-state index contributed by atoms with van der Waals surface area (Å²) in [6.07, 6.45) is 0. The molecule has 1 amide bonds. The van der Waals surface area contributed by atoms with Crippen LogP contribution < -0.4 is 10.2 Å². The molecule has 0 bridgehead atoms. The fourth-order valence-corrected chi connectivity index (χ4v) is 4.72. The Morgan fingerprint density at radius 1 is 1.19 bits per heavy atom. The van der Waals surface area contributed by atoms with Crippen molar-refractivity contribution >= 4 is 49.4 Å². The van der Waals surface area contributed by atoms with Gasteiger partial charge in [-0.3, -0.25) is 4.79 Å². The minimum Gasteiger partial charge on any atom is -0.378 e. The number of aromatic nitrogens is 3. The van der Waals surface area contributed by atoms with Gasteiger partial charge in [-0.15, -0.1) is 0 Å². The lowest BCUT2D eigenvalue weighted by Gasteiger charge is -2.25. The van der Waals surface area contributed by atoms with E-state index in [1.165, 1.54) is 0 Å². The van der Waals surface area contributed by atoms with Gasteiger partial charge in [0.05, 0.1) is 40.1 Å². The molecule has 160 valence electrons. The number of rotatable bonds is 4. The number of pyridine rings is 1. The largest absolute Gasteiger partial charge is 0.378 e. The Morgan fingerprint density at radius 3 is 2.77 bits per heavy atom. The summed E-state index contributed by atoms with van der Waals surface area (Å²) in [5.41, 5.74) is 4.00. The summed E-state index contributed by atoms with van der Waals surface area (Å²) in [6.45, 7) is 9.01. The molecule has 31 heavy (non-hydrogen) atoms. The van der Waals surface area contributed by atoms with Crippen LogP contribution in [0, 0.1) is 6.92 Å². The first-order chi connectivity index (χ1) is 15.0. The summed E-state index contributed by atoms with van der Waals surface area (Å²) < 4.78 is 11.8. The van der Waals surface area contributed by atoms with Gasteiger partial charge in [-0.25, -0.2) is 9.97 Å². The molecule has 0 unspecified atom stereocenters. The van der Waals surface area contributed by atoms with Crippen molar-refractivity contribution in [3.63, 3.8) is 0 Å². The van der Waals surface area contributed by atoms with E-state index in [-0.39, 0.29) is 11.8 Å². The van der Waals surface area contributed by atoms with Crippen molar-refractivity contribution in [2.75, 3.05) is 36.5 Å². The molecule has 3 aromatic heterocycles. The van der Waals surface area contributed by atoms with Crippen LogP contribution >= 0.6 is 11.3 Å². The second-order valence-corrected chi connectivity index (χ2v) is 8.94. The van der Waals surface area contributed by atoms with Gasteiger partial charge in [-0.1, -0.05) is 30.3 Å². The molecule has 1 aliphatic rings. The highest BCUT2D eigenvalue weighted by Crippen LogP contribution is 2.32. The number of carbonyl (C=O) groups excluding carboxylic acids is 1. The van der Waals surface area contributed by atoms with Crippen LogP contribution in [-0.2, 0) is 4.74 Å². The summed E-state index contributed by atoms with van der Waals surface area (Å²) in [7, 11) is 0. The maximum absolute atomic E-state index is 13.2. The van der Waals surface area contributed by atoms with Gasteiger partial charge in [-0.05, 0) is 37.1 Å². The monoisotopic (exact) mass is 437 g/mol. The fourth-order valence-electron chi connectivity index (χ4n) is 3.67. The Hall–Kier alpha value is -3.04. The molecule has 0 aliphatic carbocycles. The maximum atomic E-state index is 13.2. The summed E-state index contributed by atoms with van der Waals surface area (Å²) >= 11 is 1.63. The Kier molecular flexibility index (Phi) is 5.07. The topological polar surface area (TPSA) is 93.4 Å². The molecule has 0 radical (unpaired) electrons. The van der Waals surface area contributed by atoms with Crippen LogP contribution in [0.15, 0.2) is 28.8 Å². The summed E-state index contributed by atoms with van der Waals surface area (Å²) in [5, 5.41) is 8.65. The number of anilines is 2. The van der Waals surface area contributed by atoms with E-state index in [1.807, 2.05) is 45.0 Å². The molecule has 1 aromatic carbocycles. The molecule has 1 saturated heterocycles. The first kappa shape index (κ1) is 19.9. The number of morpholine rings is 1. The minimum absolute atomic E-state index is 0.161. The summed E-state index contributed by atoms with van der Waals surface area (Å²) in [6, 6.07) is 7.62. The van der Waals surface area contributed by atoms with Crippen LogP contribution in [0.3, 0.4) is 0 Å². The lowest BCUT2D eigenvalue weighted by Crippen LogP contribution is -2.36. The molecule has 8 nitrogen and oxygen atoms in total. The predicted octanol–water partition coefficient (Wildman–Crippen LogP) is 4.35.